The summed E-state index contributed by atoms with van der Waals surface area (Å²) < 4.78 is 21.9. The molecule has 3 aromatic carbocycles. The van der Waals surface area contributed by atoms with Gasteiger partial charge in [0, 0.05) is 20.0 Å². The smallest absolute Gasteiger partial charge is 0.335 e. The van der Waals surface area contributed by atoms with Crippen molar-refractivity contribution in [1.82, 2.24) is 0 Å². The van der Waals surface area contributed by atoms with Gasteiger partial charge >= 0.3 is 5.97 Å². The van der Waals surface area contributed by atoms with E-state index < -0.39 is 6.10 Å². The average molecular weight is 469 g/mol. The van der Waals surface area contributed by atoms with E-state index in [1.54, 1.807) is 19.1 Å². The Hall–Kier alpha value is -3.02. The number of carbonyl (C=O) groups is 1. The Bertz CT molecular complexity index is 1000. The summed E-state index contributed by atoms with van der Waals surface area (Å²) in [6, 6.07) is 23.7. The molecule has 0 aliphatic rings. The Labute approximate surface area is 200 Å². The molecule has 0 heterocycles. The second-order valence-corrected chi connectivity index (χ2v) is 7.79. The molecule has 0 bridgehead atoms. The van der Waals surface area contributed by atoms with Gasteiger partial charge in [0.2, 0.25) is 0 Å². The van der Waals surface area contributed by atoms with Crippen LogP contribution in [0.3, 0.4) is 0 Å². The highest BCUT2D eigenvalue weighted by atomic mass is 35.5. The van der Waals surface area contributed by atoms with Crippen LogP contribution in [0, 0.1) is 0 Å². The van der Waals surface area contributed by atoms with Crippen LogP contribution in [-0.4, -0.2) is 39.0 Å². The molecule has 5 nitrogen and oxygen atoms in total. The molecule has 0 aliphatic carbocycles. The third kappa shape index (κ3) is 7.52. The van der Waals surface area contributed by atoms with Crippen molar-refractivity contribution in [1.29, 1.82) is 0 Å². The van der Waals surface area contributed by atoms with E-state index in [9.17, 15) is 4.79 Å². The molecule has 0 fully saturated rings. The summed E-state index contributed by atoms with van der Waals surface area (Å²) in [5.41, 5.74) is 3.21. The number of hydrogen-bond donors (Lipinski definition) is 0. The van der Waals surface area contributed by atoms with Gasteiger partial charge in [-0.2, -0.15) is 0 Å². The van der Waals surface area contributed by atoms with E-state index in [2.05, 4.69) is 24.3 Å². The highest BCUT2D eigenvalue weighted by Crippen LogP contribution is 2.27. The predicted octanol–water partition coefficient (Wildman–Crippen LogP) is 5.98. The van der Waals surface area contributed by atoms with Gasteiger partial charge in [0.1, 0.15) is 11.5 Å². The first-order chi connectivity index (χ1) is 16.1. The molecule has 0 aliphatic heterocycles. The van der Waals surface area contributed by atoms with Crippen LogP contribution in [0.5, 0.6) is 11.5 Å². The van der Waals surface area contributed by atoms with Crippen LogP contribution >= 0.6 is 11.6 Å². The standard InChI is InChI=1S/C27H29ClO5/c1-3-31-27(29)26(30-2)19-20-10-15-25(24(28)18-20)33-17-7-16-32-23-13-11-22(12-14-23)21-8-5-4-6-9-21/h4-6,8-15,18,26H,3,7,16-17,19H2,1-2H3. The van der Waals surface area contributed by atoms with Gasteiger partial charge in [-0.05, 0) is 47.9 Å². The van der Waals surface area contributed by atoms with Crippen LogP contribution in [-0.2, 0) is 20.7 Å². The van der Waals surface area contributed by atoms with Crippen LogP contribution in [0.4, 0.5) is 0 Å². The first kappa shape index (κ1) is 24.6. The van der Waals surface area contributed by atoms with Gasteiger partial charge in [0.15, 0.2) is 6.10 Å². The number of rotatable bonds is 12. The van der Waals surface area contributed by atoms with Crippen LogP contribution < -0.4 is 9.47 Å². The molecule has 0 saturated heterocycles. The van der Waals surface area contributed by atoms with Crippen LogP contribution in [0.15, 0.2) is 72.8 Å². The predicted molar refractivity (Wildman–Crippen MR) is 130 cm³/mol. The molecule has 33 heavy (non-hydrogen) atoms. The van der Waals surface area contributed by atoms with E-state index in [1.165, 1.54) is 12.7 Å². The van der Waals surface area contributed by atoms with E-state index in [4.69, 9.17) is 30.5 Å². The van der Waals surface area contributed by atoms with Gasteiger partial charge in [0.05, 0.1) is 24.8 Å². The van der Waals surface area contributed by atoms with E-state index in [0.29, 0.717) is 43.4 Å². The van der Waals surface area contributed by atoms with Crippen LogP contribution in [0.25, 0.3) is 11.1 Å². The average Bonchev–Trinajstić information content (AvgIpc) is 2.84. The normalized spacial score (nSPS) is 11.6. The highest BCUT2D eigenvalue weighted by Gasteiger charge is 2.20. The van der Waals surface area contributed by atoms with Gasteiger partial charge in [-0.15, -0.1) is 0 Å². The van der Waals surface area contributed by atoms with Gasteiger partial charge < -0.3 is 18.9 Å². The van der Waals surface area contributed by atoms with Crippen molar-refractivity contribution in [3.8, 4) is 22.6 Å². The van der Waals surface area contributed by atoms with Crippen LogP contribution in [0.1, 0.15) is 18.9 Å². The number of carbonyl (C=O) groups excluding carboxylic acids is 1. The molecule has 0 spiro atoms. The zero-order chi connectivity index (χ0) is 23.5. The van der Waals surface area contributed by atoms with Crippen molar-refractivity contribution in [3.63, 3.8) is 0 Å². The summed E-state index contributed by atoms with van der Waals surface area (Å²) in [5.74, 6) is 1.04. The summed E-state index contributed by atoms with van der Waals surface area (Å²) in [6.07, 6.45) is 0.436. The van der Waals surface area contributed by atoms with Crippen LogP contribution in [0.2, 0.25) is 5.02 Å². The number of ether oxygens (including phenoxy) is 4. The topological polar surface area (TPSA) is 54.0 Å². The van der Waals surface area contributed by atoms with Gasteiger partial charge in [-0.3, -0.25) is 0 Å². The Balaban J connectivity index is 1.42. The number of esters is 1. The lowest BCUT2D eigenvalue weighted by molar-refractivity contribution is -0.154. The fourth-order valence-corrected chi connectivity index (χ4v) is 3.56. The Morgan fingerprint density at radius 3 is 2.27 bits per heavy atom. The van der Waals surface area contributed by atoms with Crippen molar-refractivity contribution < 1.29 is 23.7 Å². The monoisotopic (exact) mass is 468 g/mol. The number of hydrogen-bond acceptors (Lipinski definition) is 5. The Morgan fingerprint density at radius 1 is 0.909 bits per heavy atom. The van der Waals surface area contributed by atoms with E-state index >= 15 is 0 Å². The van der Waals surface area contributed by atoms with E-state index in [0.717, 1.165) is 16.9 Å². The minimum absolute atomic E-state index is 0.314. The van der Waals surface area contributed by atoms with Crippen molar-refractivity contribution in [2.45, 2.75) is 25.9 Å². The quantitative estimate of drug-likeness (QED) is 0.242. The summed E-state index contributed by atoms with van der Waals surface area (Å²) in [5, 5.41) is 0.489. The lowest BCUT2D eigenvalue weighted by atomic mass is 10.1. The fraction of sp³-hybridized carbons (Fsp3) is 0.296. The summed E-state index contributed by atoms with van der Waals surface area (Å²) in [7, 11) is 1.49. The third-order valence-electron chi connectivity index (χ3n) is 5.03. The maximum absolute atomic E-state index is 11.9. The van der Waals surface area contributed by atoms with Crippen molar-refractivity contribution >= 4 is 17.6 Å². The molecular formula is C27H29ClO5. The minimum Gasteiger partial charge on any atom is -0.493 e. The molecule has 0 amide bonds. The molecule has 3 rings (SSSR count). The van der Waals surface area contributed by atoms with E-state index in [1.807, 2.05) is 36.4 Å². The van der Waals surface area contributed by atoms with Crippen molar-refractivity contribution in [3.05, 3.63) is 83.4 Å². The molecule has 0 N–H and O–H groups in total. The minimum atomic E-state index is -0.660. The molecule has 3 aromatic rings. The summed E-state index contributed by atoms with van der Waals surface area (Å²) in [6.45, 7) is 3.09. The Morgan fingerprint density at radius 2 is 1.61 bits per heavy atom. The molecule has 174 valence electrons. The van der Waals surface area contributed by atoms with Gasteiger partial charge in [-0.1, -0.05) is 60.1 Å². The number of methoxy groups -OCH3 is 1. The van der Waals surface area contributed by atoms with E-state index in [-0.39, 0.29) is 5.97 Å². The second-order valence-electron chi connectivity index (χ2n) is 7.39. The third-order valence-corrected chi connectivity index (χ3v) is 5.32. The molecule has 1 unspecified atom stereocenters. The second kappa shape index (κ2) is 12.9. The van der Waals surface area contributed by atoms with Crippen molar-refractivity contribution in [2.75, 3.05) is 26.9 Å². The van der Waals surface area contributed by atoms with Gasteiger partial charge in [0.25, 0.3) is 0 Å². The molecule has 6 heteroatoms. The largest absolute Gasteiger partial charge is 0.493 e. The maximum atomic E-state index is 11.9. The zero-order valence-corrected chi connectivity index (χ0v) is 19.7. The first-order valence-corrected chi connectivity index (χ1v) is 11.4. The maximum Gasteiger partial charge on any atom is 0.335 e. The summed E-state index contributed by atoms with van der Waals surface area (Å²) >= 11 is 6.36. The van der Waals surface area contributed by atoms with Crippen molar-refractivity contribution in [2.24, 2.45) is 0 Å². The molecule has 0 radical (unpaired) electrons. The lowest BCUT2D eigenvalue weighted by Crippen LogP contribution is -2.27. The molecule has 0 saturated carbocycles. The summed E-state index contributed by atoms with van der Waals surface area (Å²) in [4.78, 5) is 11.9. The molecule has 1 atom stereocenters. The first-order valence-electron chi connectivity index (χ1n) is 11.0. The molecular weight excluding hydrogens is 440 g/mol. The SMILES string of the molecule is CCOC(=O)C(Cc1ccc(OCCCOc2ccc(-c3ccccc3)cc2)c(Cl)c1)OC. The number of benzene rings is 3. The fourth-order valence-electron chi connectivity index (χ4n) is 3.31. The Kier molecular flexibility index (Phi) is 9.60. The highest BCUT2D eigenvalue weighted by molar-refractivity contribution is 6.32. The zero-order valence-electron chi connectivity index (χ0n) is 19.0. The lowest BCUT2D eigenvalue weighted by Gasteiger charge is -2.15. The van der Waals surface area contributed by atoms with Gasteiger partial charge in [-0.25, -0.2) is 4.79 Å². The number of halogens is 1. The molecule has 0 aromatic heterocycles.